The van der Waals surface area contributed by atoms with Gasteiger partial charge in [0.1, 0.15) is 24.9 Å². The van der Waals surface area contributed by atoms with E-state index in [0.29, 0.717) is 38.7 Å². The van der Waals surface area contributed by atoms with E-state index in [0.717, 1.165) is 30.4 Å². The molecule has 1 saturated heterocycles. The molecule has 0 aromatic carbocycles. The third kappa shape index (κ3) is 3.72. The highest BCUT2D eigenvalue weighted by atomic mass is 16.7. The van der Waals surface area contributed by atoms with Crippen molar-refractivity contribution in [3.8, 4) is 0 Å². The summed E-state index contributed by atoms with van der Waals surface area (Å²) in [6.45, 7) is 2.44. The number of aliphatic hydroxyl groups is 6. The summed E-state index contributed by atoms with van der Waals surface area (Å²) in [5, 5.41) is 63.1. The Hall–Kier alpha value is -1.37. The van der Waals surface area contributed by atoms with Gasteiger partial charge in [0.05, 0.1) is 11.7 Å². The molecule has 0 bridgehead atoms. The molecule has 0 spiro atoms. The number of fused-ring (bicyclic) bond motifs is 5. The third-order valence-corrected chi connectivity index (χ3v) is 11.2. The fraction of sp³-hybridized carbons (Fsp3) is 0.821. The van der Waals surface area contributed by atoms with E-state index >= 15 is 0 Å². The summed E-state index contributed by atoms with van der Waals surface area (Å²) in [4.78, 5) is 11.8. The van der Waals surface area contributed by atoms with Gasteiger partial charge in [-0.1, -0.05) is 13.0 Å². The highest BCUT2D eigenvalue weighted by Gasteiger charge is 2.66. The van der Waals surface area contributed by atoms with Gasteiger partial charge in [-0.2, -0.15) is 0 Å². The van der Waals surface area contributed by atoms with Crippen LogP contribution in [0.15, 0.2) is 23.3 Å². The largest absolute Gasteiger partial charge is 0.458 e. The van der Waals surface area contributed by atoms with Crippen LogP contribution in [0, 0.1) is 28.6 Å². The second-order valence-electron chi connectivity index (χ2n) is 12.7. The van der Waals surface area contributed by atoms with Crippen molar-refractivity contribution in [1.29, 1.82) is 0 Å². The van der Waals surface area contributed by atoms with Gasteiger partial charge < -0.3 is 44.8 Å². The van der Waals surface area contributed by atoms with E-state index in [-0.39, 0.29) is 36.4 Å². The van der Waals surface area contributed by atoms with Gasteiger partial charge in [-0.25, -0.2) is 4.79 Å². The minimum absolute atomic E-state index is 0.00227. The monoisotopic (exact) mass is 536 g/mol. The van der Waals surface area contributed by atoms with Gasteiger partial charge in [-0.3, -0.25) is 0 Å². The van der Waals surface area contributed by atoms with Crippen LogP contribution in [0.3, 0.4) is 0 Å². The molecule has 212 valence electrons. The molecule has 2 heterocycles. The molecule has 0 amide bonds. The van der Waals surface area contributed by atoms with Gasteiger partial charge >= 0.3 is 5.97 Å². The Bertz CT molecular complexity index is 1030. The third-order valence-electron chi connectivity index (χ3n) is 11.2. The first-order valence-electron chi connectivity index (χ1n) is 14.0. The lowest BCUT2D eigenvalue weighted by Gasteiger charge is -2.60. The molecule has 2 aliphatic heterocycles. The van der Waals surface area contributed by atoms with Crippen molar-refractivity contribution < 1.29 is 49.6 Å². The van der Waals surface area contributed by atoms with Crippen LogP contribution < -0.4 is 0 Å². The number of esters is 1. The zero-order valence-electron chi connectivity index (χ0n) is 21.7. The van der Waals surface area contributed by atoms with Crippen molar-refractivity contribution in [3.63, 3.8) is 0 Å². The molecule has 4 fully saturated rings. The molecular formula is C28H40O10. The van der Waals surface area contributed by atoms with Crippen molar-refractivity contribution in [1.82, 2.24) is 0 Å². The van der Waals surface area contributed by atoms with Crippen LogP contribution >= 0.6 is 0 Å². The molecule has 10 nitrogen and oxygen atoms in total. The number of cyclic esters (lactones) is 1. The molecular weight excluding hydrogens is 496 g/mol. The summed E-state index contributed by atoms with van der Waals surface area (Å²) in [6.07, 6.45) is 1.42. The van der Waals surface area contributed by atoms with E-state index in [1.54, 1.807) is 6.08 Å². The Kier molecular flexibility index (Phi) is 6.60. The lowest BCUT2D eigenvalue weighted by Crippen LogP contribution is -2.60. The number of allylic oxidation sites excluding steroid dienone is 1. The highest BCUT2D eigenvalue weighted by molar-refractivity contribution is 5.85. The van der Waals surface area contributed by atoms with E-state index in [1.807, 2.05) is 0 Å². The molecule has 38 heavy (non-hydrogen) atoms. The first kappa shape index (κ1) is 26.8. The quantitative estimate of drug-likeness (QED) is 0.217. The summed E-state index contributed by atoms with van der Waals surface area (Å²) < 4.78 is 16.4. The maximum atomic E-state index is 12.3. The average Bonchev–Trinajstić information content (AvgIpc) is 3.45. The Morgan fingerprint density at radius 1 is 1.03 bits per heavy atom. The van der Waals surface area contributed by atoms with Crippen molar-refractivity contribution in [2.45, 2.75) is 101 Å². The standard InChI is InChI=1S/C28H40O10/c1-26-7-5-18-19(28(26,35)9-6-17(26)14-10-20(30)36-12-14)3-2-15-11-16(4-8-27(15,18)13-29)37-25-23(33)21(31)22(32)24(34)38-25/h3,10,15-18,21-25,29,31-35H,2,4-9,11-13H2,1H3/t15-,16-,17+,18-,21?,22+,23-,24?,25+,26+,27+,28-/m0/s1. The van der Waals surface area contributed by atoms with Crippen LogP contribution in [-0.2, 0) is 19.0 Å². The molecule has 0 aromatic heterocycles. The summed E-state index contributed by atoms with van der Waals surface area (Å²) >= 11 is 0. The second-order valence-corrected chi connectivity index (χ2v) is 12.7. The van der Waals surface area contributed by atoms with Crippen molar-refractivity contribution in [2.24, 2.45) is 28.6 Å². The van der Waals surface area contributed by atoms with E-state index in [1.165, 1.54) is 0 Å². The number of hydrogen-bond donors (Lipinski definition) is 6. The molecule has 6 N–H and O–H groups in total. The van der Waals surface area contributed by atoms with Crippen molar-refractivity contribution >= 4 is 5.97 Å². The second kappa shape index (κ2) is 9.34. The smallest absolute Gasteiger partial charge is 0.331 e. The summed E-state index contributed by atoms with van der Waals surface area (Å²) in [6, 6.07) is 0. The number of hydrogen-bond acceptors (Lipinski definition) is 10. The SMILES string of the molecule is C[C@]12CC[C@H]3C(=CC[C@H]4C[C@@H](O[C@@H]5OC(O)[C@H](O)C(O)[C@@H]5O)CC[C@@]43CO)[C@@]1(O)CC[C@@H]2C1=CC(=O)OC1. The minimum Gasteiger partial charge on any atom is -0.458 e. The molecule has 0 radical (unpaired) electrons. The summed E-state index contributed by atoms with van der Waals surface area (Å²) in [7, 11) is 0. The number of carbonyl (C=O) groups excluding carboxylic acids is 1. The predicted octanol–water partition coefficient (Wildman–Crippen LogP) is 0.278. The van der Waals surface area contributed by atoms with E-state index in [2.05, 4.69) is 13.0 Å². The van der Waals surface area contributed by atoms with Gasteiger partial charge in [0.25, 0.3) is 0 Å². The topological polar surface area (TPSA) is 166 Å². The van der Waals surface area contributed by atoms with Gasteiger partial charge in [0.2, 0.25) is 0 Å². The zero-order valence-corrected chi connectivity index (χ0v) is 21.7. The maximum absolute atomic E-state index is 12.3. The lowest BCUT2D eigenvalue weighted by atomic mass is 9.46. The van der Waals surface area contributed by atoms with E-state index < -0.39 is 47.3 Å². The Balaban J connectivity index is 1.22. The first-order valence-corrected chi connectivity index (χ1v) is 14.0. The molecule has 6 rings (SSSR count). The van der Waals surface area contributed by atoms with Crippen LogP contribution in [0.25, 0.3) is 0 Å². The van der Waals surface area contributed by atoms with E-state index in [9.17, 15) is 35.4 Å². The molecule has 12 atom stereocenters. The summed E-state index contributed by atoms with van der Waals surface area (Å²) in [5.74, 6) is -0.0967. The van der Waals surface area contributed by atoms with Crippen LogP contribution in [-0.4, -0.2) is 92.4 Å². The molecule has 10 heteroatoms. The van der Waals surface area contributed by atoms with Crippen molar-refractivity contribution in [2.75, 3.05) is 13.2 Å². The molecule has 2 unspecified atom stereocenters. The van der Waals surface area contributed by atoms with Crippen LogP contribution in [0.4, 0.5) is 0 Å². The average molecular weight is 537 g/mol. The molecule has 0 aromatic rings. The van der Waals surface area contributed by atoms with Gasteiger partial charge in [0, 0.05) is 23.5 Å². The lowest BCUT2D eigenvalue weighted by molar-refractivity contribution is -0.350. The number of rotatable bonds is 4. The zero-order chi connectivity index (χ0) is 27.0. The normalized spacial score (nSPS) is 52.4. The fourth-order valence-electron chi connectivity index (χ4n) is 9.02. The van der Waals surface area contributed by atoms with E-state index in [4.69, 9.17) is 14.2 Å². The van der Waals surface area contributed by atoms with Crippen LogP contribution in [0.5, 0.6) is 0 Å². The van der Waals surface area contributed by atoms with Gasteiger partial charge in [0.15, 0.2) is 12.6 Å². The maximum Gasteiger partial charge on any atom is 0.331 e. The Labute approximate surface area is 221 Å². The molecule has 6 aliphatic rings. The predicted molar refractivity (Wildman–Crippen MR) is 131 cm³/mol. The fourth-order valence-corrected chi connectivity index (χ4v) is 9.02. The van der Waals surface area contributed by atoms with Crippen molar-refractivity contribution in [3.05, 3.63) is 23.3 Å². The number of aliphatic hydroxyl groups excluding tert-OH is 5. The van der Waals surface area contributed by atoms with Crippen LogP contribution in [0.2, 0.25) is 0 Å². The summed E-state index contributed by atoms with van der Waals surface area (Å²) in [5.41, 5.74) is 0.216. The first-order chi connectivity index (χ1) is 18.0. The van der Waals surface area contributed by atoms with Crippen LogP contribution in [0.1, 0.15) is 58.3 Å². The number of ether oxygens (including phenoxy) is 3. The Morgan fingerprint density at radius 2 is 1.79 bits per heavy atom. The number of carbonyl (C=O) groups is 1. The Morgan fingerprint density at radius 3 is 2.50 bits per heavy atom. The van der Waals surface area contributed by atoms with Gasteiger partial charge in [-0.15, -0.1) is 0 Å². The molecule has 4 aliphatic carbocycles. The molecule has 3 saturated carbocycles. The minimum atomic E-state index is -1.66. The van der Waals surface area contributed by atoms with Gasteiger partial charge in [-0.05, 0) is 80.3 Å². The highest BCUT2D eigenvalue weighted by Crippen LogP contribution is 2.68.